The van der Waals surface area contributed by atoms with E-state index in [-0.39, 0.29) is 6.61 Å². The second-order valence-electron chi connectivity index (χ2n) is 8.86. The van der Waals surface area contributed by atoms with Crippen molar-refractivity contribution in [3.8, 4) is 6.07 Å². The van der Waals surface area contributed by atoms with E-state index in [1.807, 2.05) is 25.1 Å². The van der Waals surface area contributed by atoms with Crippen molar-refractivity contribution >= 4 is 35.2 Å². The van der Waals surface area contributed by atoms with Gasteiger partial charge in [0.05, 0.1) is 0 Å². The van der Waals surface area contributed by atoms with Crippen molar-refractivity contribution in [3.63, 3.8) is 0 Å². The number of benzene rings is 1. The van der Waals surface area contributed by atoms with Crippen LogP contribution in [0, 0.1) is 18.3 Å². The van der Waals surface area contributed by atoms with Crippen LogP contribution in [0.15, 0.2) is 30.3 Å². The van der Waals surface area contributed by atoms with Gasteiger partial charge in [-0.25, -0.2) is 0 Å². The normalized spacial score (nSPS) is 22.6. The lowest BCUT2D eigenvalue weighted by atomic mass is 9.88. The number of hydrogen-bond acceptors (Lipinski definition) is 11. The first kappa shape index (κ1) is 28.8. The average Bonchev–Trinajstić information content (AvgIpc) is 3.28. The van der Waals surface area contributed by atoms with Crippen molar-refractivity contribution in [2.24, 2.45) is 0 Å². The third kappa shape index (κ3) is 7.40. The van der Waals surface area contributed by atoms with Gasteiger partial charge in [0.1, 0.15) is 29.8 Å². The average molecular weight is 544 g/mol. The van der Waals surface area contributed by atoms with Crippen molar-refractivity contribution in [1.29, 1.82) is 5.26 Å². The summed E-state index contributed by atoms with van der Waals surface area (Å²) in [5.41, 5.74) is 2.55. The Kier molecular flexibility index (Phi) is 9.61. The Morgan fingerprint density at radius 1 is 0.895 bits per heavy atom. The number of hydrogen-bond donors (Lipinski definition) is 0. The fraction of sp³-hybridized carbons (Fsp3) is 0.444. The topological polar surface area (TPSA) is 138 Å². The quantitative estimate of drug-likeness (QED) is 0.360. The second kappa shape index (κ2) is 12.7. The van der Waals surface area contributed by atoms with Crippen LogP contribution in [0.2, 0.25) is 0 Å². The van der Waals surface area contributed by atoms with Gasteiger partial charge < -0.3 is 23.7 Å². The van der Waals surface area contributed by atoms with Crippen LogP contribution in [0.25, 0.3) is 0 Å². The van der Waals surface area contributed by atoms with E-state index < -0.39 is 54.4 Å². The Morgan fingerprint density at radius 3 is 2.11 bits per heavy atom. The molecule has 0 unspecified atom stereocenters. The van der Waals surface area contributed by atoms with E-state index in [0.29, 0.717) is 16.9 Å². The first-order chi connectivity index (χ1) is 18.0. The van der Waals surface area contributed by atoms with Crippen LogP contribution in [0.5, 0.6) is 0 Å². The molecule has 2 heterocycles. The molecule has 2 aromatic rings. The summed E-state index contributed by atoms with van der Waals surface area (Å²) in [5, 5.41) is 9.16. The zero-order chi connectivity index (χ0) is 28.0. The van der Waals surface area contributed by atoms with Gasteiger partial charge in [0.15, 0.2) is 18.3 Å². The summed E-state index contributed by atoms with van der Waals surface area (Å²) in [5.74, 6) is -2.61. The lowest BCUT2D eigenvalue weighted by Gasteiger charge is -2.44. The monoisotopic (exact) mass is 543 g/mol. The van der Waals surface area contributed by atoms with E-state index in [2.05, 4.69) is 6.07 Å². The predicted molar refractivity (Wildman–Crippen MR) is 134 cm³/mol. The molecule has 1 saturated heterocycles. The van der Waals surface area contributed by atoms with E-state index in [9.17, 15) is 19.2 Å². The molecule has 0 saturated carbocycles. The predicted octanol–water partition coefficient (Wildman–Crippen LogP) is 3.32. The third-order valence-corrected chi connectivity index (χ3v) is 6.82. The highest BCUT2D eigenvalue weighted by Gasteiger charge is 2.52. The summed E-state index contributed by atoms with van der Waals surface area (Å²) in [6, 6.07) is 11.4. The van der Waals surface area contributed by atoms with Crippen LogP contribution < -0.4 is 0 Å². The summed E-state index contributed by atoms with van der Waals surface area (Å²) in [6.45, 7) is 6.44. The largest absolute Gasteiger partial charge is 0.463 e. The Labute approximate surface area is 224 Å². The van der Waals surface area contributed by atoms with Gasteiger partial charge >= 0.3 is 23.9 Å². The van der Waals surface area contributed by atoms with Gasteiger partial charge in [-0.3, -0.25) is 19.2 Å². The maximum Gasteiger partial charge on any atom is 0.303 e. The summed E-state index contributed by atoms with van der Waals surface area (Å²) < 4.78 is 28.0. The molecule has 3 rings (SSSR count). The molecular weight excluding hydrogens is 514 g/mol. The van der Waals surface area contributed by atoms with Gasteiger partial charge in [-0.05, 0) is 35.7 Å². The zero-order valence-corrected chi connectivity index (χ0v) is 22.5. The zero-order valence-electron chi connectivity index (χ0n) is 21.7. The molecule has 38 heavy (non-hydrogen) atoms. The molecular formula is C27H29NO9S. The molecule has 11 heteroatoms. The standard InChI is InChI=1S/C27H29NO9S/c1-14-6-7-19(10-20(14)11-21-8-9-22(12-28)38-21)24-26(35-17(4)31)27(36-18(5)32)25(34-16(3)30)23(37-24)13-33-15(2)29/h6-10,23-27H,11,13H2,1-5H3/t23-,24+,25-,26+,27+/m1/s1. The molecule has 1 aliphatic heterocycles. The second-order valence-corrected chi connectivity index (χ2v) is 10.0. The molecule has 0 N–H and O–H groups in total. The summed E-state index contributed by atoms with van der Waals surface area (Å²) in [4.78, 5) is 49.3. The number of aryl methyl sites for hydroxylation is 1. The summed E-state index contributed by atoms with van der Waals surface area (Å²) in [7, 11) is 0. The van der Waals surface area contributed by atoms with Gasteiger partial charge in [-0.15, -0.1) is 11.3 Å². The first-order valence-corrected chi connectivity index (χ1v) is 12.7. The fourth-order valence-corrected chi connectivity index (χ4v) is 5.10. The summed E-state index contributed by atoms with van der Waals surface area (Å²) in [6.07, 6.45) is -5.04. The molecule has 1 aromatic carbocycles. The Balaban J connectivity index is 2.06. The molecule has 5 atom stereocenters. The molecule has 202 valence electrons. The van der Waals surface area contributed by atoms with Gasteiger partial charge in [0.2, 0.25) is 0 Å². The highest BCUT2D eigenvalue weighted by Crippen LogP contribution is 2.38. The highest BCUT2D eigenvalue weighted by molar-refractivity contribution is 7.12. The number of thiophene rings is 1. The third-order valence-electron chi connectivity index (χ3n) is 5.83. The molecule has 1 aromatic heterocycles. The van der Waals surface area contributed by atoms with E-state index in [1.54, 1.807) is 12.1 Å². The van der Waals surface area contributed by atoms with Crippen LogP contribution in [0.4, 0.5) is 0 Å². The minimum absolute atomic E-state index is 0.292. The minimum Gasteiger partial charge on any atom is -0.463 e. The van der Waals surface area contributed by atoms with Crippen LogP contribution in [0.1, 0.15) is 60.2 Å². The van der Waals surface area contributed by atoms with E-state index >= 15 is 0 Å². The number of esters is 4. The van der Waals surface area contributed by atoms with E-state index in [0.717, 1.165) is 16.0 Å². The molecule has 0 bridgehead atoms. The molecule has 1 aliphatic rings. The number of carbonyl (C=O) groups is 4. The van der Waals surface area contributed by atoms with Crippen LogP contribution >= 0.6 is 11.3 Å². The lowest BCUT2D eigenvalue weighted by Crippen LogP contribution is -2.59. The van der Waals surface area contributed by atoms with Crippen LogP contribution in [0.3, 0.4) is 0 Å². The summed E-state index contributed by atoms with van der Waals surface area (Å²) >= 11 is 1.39. The number of nitriles is 1. The minimum atomic E-state index is -1.24. The van der Waals surface area contributed by atoms with Crippen LogP contribution in [-0.2, 0) is 49.3 Å². The SMILES string of the molecule is CC(=O)OC[C@H]1O[C@@H](c2ccc(C)c(Cc3ccc(C#N)s3)c2)[C@H](OC(C)=O)[C@@H](OC(C)=O)[C@@H]1OC(C)=O. The van der Waals surface area contributed by atoms with Crippen molar-refractivity contribution in [2.75, 3.05) is 6.61 Å². The van der Waals surface area contributed by atoms with Gasteiger partial charge in [-0.2, -0.15) is 5.26 Å². The number of nitrogens with zero attached hydrogens (tertiary/aromatic N) is 1. The number of rotatable bonds is 8. The Hall–Kier alpha value is -3.75. The maximum atomic E-state index is 12.1. The van der Waals surface area contributed by atoms with E-state index in [4.69, 9.17) is 28.9 Å². The molecule has 10 nitrogen and oxygen atoms in total. The van der Waals surface area contributed by atoms with Crippen molar-refractivity contribution < 1.29 is 42.9 Å². The highest BCUT2D eigenvalue weighted by atomic mass is 32.1. The Morgan fingerprint density at radius 2 is 1.53 bits per heavy atom. The van der Waals surface area contributed by atoms with Gasteiger partial charge in [0, 0.05) is 39.0 Å². The lowest BCUT2D eigenvalue weighted by molar-refractivity contribution is -0.254. The van der Waals surface area contributed by atoms with Crippen molar-refractivity contribution in [2.45, 2.75) is 71.6 Å². The maximum absolute atomic E-state index is 12.1. The molecule has 0 radical (unpaired) electrons. The van der Waals surface area contributed by atoms with Crippen molar-refractivity contribution in [3.05, 3.63) is 56.8 Å². The molecule has 0 amide bonds. The van der Waals surface area contributed by atoms with Crippen LogP contribution in [-0.4, -0.2) is 54.9 Å². The number of carbonyl (C=O) groups excluding carboxylic acids is 4. The van der Waals surface area contributed by atoms with Gasteiger partial charge in [0.25, 0.3) is 0 Å². The molecule has 0 spiro atoms. The smallest absolute Gasteiger partial charge is 0.303 e. The van der Waals surface area contributed by atoms with Gasteiger partial charge in [-0.1, -0.05) is 18.2 Å². The van der Waals surface area contributed by atoms with E-state index in [1.165, 1.54) is 39.0 Å². The fourth-order valence-electron chi connectivity index (χ4n) is 4.28. The first-order valence-electron chi connectivity index (χ1n) is 11.9. The van der Waals surface area contributed by atoms with Crippen molar-refractivity contribution in [1.82, 2.24) is 0 Å². The Bertz CT molecular complexity index is 1250. The number of ether oxygens (including phenoxy) is 5. The molecule has 1 fully saturated rings. The molecule has 0 aliphatic carbocycles.